The lowest BCUT2D eigenvalue weighted by Gasteiger charge is -2.36. The molecule has 0 aliphatic carbocycles. The highest BCUT2D eigenvalue weighted by molar-refractivity contribution is 5.77. The van der Waals surface area contributed by atoms with Gasteiger partial charge in [0.05, 0.1) is 0 Å². The molecule has 2 rings (SSSR count). The van der Waals surface area contributed by atoms with Crippen molar-refractivity contribution < 1.29 is 9.90 Å². The number of piperidine rings is 1. The van der Waals surface area contributed by atoms with Crippen LogP contribution in [0.5, 0.6) is 0 Å². The zero-order valence-electron chi connectivity index (χ0n) is 10.5. The maximum Gasteiger partial charge on any atom is 0.223 e. The van der Waals surface area contributed by atoms with E-state index in [2.05, 4.69) is 5.32 Å². The Morgan fingerprint density at radius 3 is 2.94 bits per heavy atom. The van der Waals surface area contributed by atoms with Gasteiger partial charge in [-0.1, -0.05) is 0 Å². The predicted molar refractivity (Wildman–Crippen MR) is 66.6 cm³/mol. The number of carbonyl (C=O) groups excluding carboxylic acids is 1. The van der Waals surface area contributed by atoms with Gasteiger partial charge in [-0.15, -0.1) is 0 Å². The molecule has 2 aliphatic heterocycles. The molecule has 2 aliphatic rings. The second-order valence-corrected chi connectivity index (χ2v) is 5.31. The summed E-state index contributed by atoms with van der Waals surface area (Å²) >= 11 is 0. The van der Waals surface area contributed by atoms with E-state index in [0.29, 0.717) is 18.2 Å². The van der Waals surface area contributed by atoms with E-state index in [9.17, 15) is 4.79 Å². The van der Waals surface area contributed by atoms with Gasteiger partial charge in [-0.25, -0.2) is 0 Å². The number of hydrogen-bond acceptors (Lipinski definition) is 3. The van der Waals surface area contributed by atoms with Gasteiger partial charge in [-0.05, 0) is 51.1 Å². The first-order chi connectivity index (χ1) is 8.31. The summed E-state index contributed by atoms with van der Waals surface area (Å²) in [7, 11) is 0. The average Bonchev–Trinajstić information content (AvgIpc) is 2.83. The van der Waals surface area contributed by atoms with E-state index >= 15 is 0 Å². The van der Waals surface area contributed by atoms with Gasteiger partial charge >= 0.3 is 0 Å². The number of nitrogens with zero attached hydrogens (tertiary/aromatic N) is 1. The number of carbonyl (C=O) groups is 1. The zero-order valence-corrected chi connectivity index (χ0v) is 10.5. The molecule has 2 saturated heterocycles. The molecule has 0 spiro atoms. The molecule has 0 aromatic rings. The van der Waals surface area contributed by atoms with Crippen molar-refractivity contribution in [2.75, 3.05) is 26.2 Å². The largest absolute Gasteiger partial charge is 0.396 e. The fourth-order valence-corrected chi connectivity index (χ4v) is 3.03. The molecule has 2 N–H and O–H groups in total. The van der Waals surface area contributed by atoms with Gasteiger partial charge < -0.3 is 15.3 Å². The molecule has 4 nitrogen and oxygen atoms in total. The Kier molecular flexibility index (Phi) is 4.80. The highest BCUT2D eigenvalue weighted by Gasteiger charge is 2.28. The van der Waals surface area contributed by atoms with Crippen molar-refractivity contribution in [2.45, 2.75) is 44.6 Å². The summed E-state index contributed by atoms with van der Waals surface area (Å²) < 4.78 is 0. The molecule has 98 valence electrons. The van der Waals surface area contributed by atoms with Crippen LogP contribution in [-0.2, 0) is 4.79 Å². The van der Waals surface area contributed by atoms with E-state index in [0.717, 1.165) is 45.3 Å². The highest BCUT2D eigenvalue weighted by Crippen LogP contribution is 2.22. The molecule has 0 bridgehead atoms. The normalized spacial score (nSPS) is 29.6. The summed E-state index contributed by atoms with van der Waals surface area (Å²) in [6.07, 6.45) is 5.94. The summed E-state index contributed by atoms with van der Waals surface area (Å²) in [4.78, 5) is 14.3. The van der Waals surface area contributed by atoms with Gasteiger partial charge in [-0.2, -0.15) is 0 Å². The number of amides is 1. The maximum atomic E-state index is 12.3. The SMILES string of the molecule is O=C(CC1CCNC1)N1CCCCC1CCO. The minimum absolute atomic E-state index is 0.194. The molecule has 0 saturated carbocycles. The van der Waals surface area contributed by atoms with Crippen LogP contribution in [-0.4, -0.2) is 48.2 Å². The van der Waals surface area contributed by atoms with Crippen molar-refractivity contribution in [2.24, 2.45) is 5.92 Å². The van der Waals surface area contributed by atoms with E-state index in [1.54, 1.807) is 0 Å². The van der Waals surface area contributed by atoms with E-state index in [1.807, 2.05) is 4.90 Å². The van der Waals surface area contributed by atoms with Crippen LogP contribution in [0, 0.1) is 5.92 Å². The third-order valence-electron chi connectivity index (χ3n) is 4.04. The molecular formula is C13H24N2O2. The monoisotopic (exact) mass is 240 g/mol. The highest BCUT2D eigenvalue weighted by atomic mass is 16.3. The molecule has 0 aromatic heterocycles. The van der Waals surface area contributed by atoms with Gasteiger partial charge in [-0.3, -0.25) is 4.79 Å². The molecule has 2 unspecified atom stereocenters. The molecule has 17 heavy (non-hydrogen) atoms. The summed E-state index contributed by atoms with van der Waals surface area (Å²) in [6.45, 7) is 3.13. The summed E-state index contributed by atoms with van der Waals surface area (Å²) in [6, 6.07) is 0.288. The summed E-state index contributed by atoms with van der Waals surface area (Å²) in [5.74, 6) is 0.830. The first-order valence-corrected chi connectivity index (χ1v) is 6.92. The number of aliphatic hydroxyl groups is 1. The minimum Gasteiger partial charge on any atom is -0.396 e. The predicted octanol–water partition coefficient (Wildman–Crippen LogP) is 0.749. The fourth-order valence-electron chi connectivity index (χ4n) is 3.03. The molecule has 2 atom stereocenters. The van der Waals surface area contributed by atoms with Crippen molar-refractivity contribution in [3.63, 3.8) is 0 Å². The van der Waals surface area contributed by atoms with Crippen LogP contribution >= 0.6 is 0 Å². The van der Waals surface area contributed by atoms with Crippen LogP contribution < -0.4 is 5.32 Å². The lowest BCUT2D eigenvalue weighted by molar-refractivity contribution is -0.136. The molecule has 0 radical (unpaired) electrons. The van der Waals surface area contributed by atoms with Gasteiger partial charge in [0.15, 0.2) is 0 Å². The van der Waals surface area contributed by atoms with Crippen LogP contribution in [0.3, 0.4) is 0 Å². The molecular weight excluding hydrogens is 216 g/mol. The van der Waals surface area contributed by atoms with E-state index in [1.165, 1.54) is 6.42 Å². The van der Waals surface area contributed by atoms with Crippen LogP contribution in [0.25, 0.3) is 0 Å². The lowest BCUT2D eigenvalue weighted by atomic mass is 9.97. The van der Waals surface area contributed by atoms with Crippen LogP contribution in [0.15, 0.2) is 0 Å². The van der Waals surface area contributed by atoms with Gasteiger partial charge in [0.25, 0.3) is 0 Å². The Morgan fingerprint density at radius 1 is 1.35 bits per heavy atom. The van der Waals surface area contributed by atoms with E-state index in [4.69, 9.17) is 5.11 Å². The number of rotatable bonds is 4. The van der Waals surface area contributed by atoms with Gasteiger partial charge in [0.2, 0.25) is 5.91 Å². The molecule has 0 aromatic carbocycles. The van der Waals surface area contributed by atoms with Gasteiger partial charge in [0, 0.05) is 25.6 Å². The Balaban J connectivity index is 1.86. The number of nitrogens with one attached hydrogen (secondary N) is 1. The smallest absolute Gasteiger partial charge is 0.223 e. The Hall–Kier alpha value is -0.610. The van der Waals surface area contributed by atoms with E-state index in [-0.39, 0.29) is 12.6 Å². The zero-order chi connectivity index (χ0) is 12.1. The Morgan fingerprint density at radius 2 is 2.24 bits per heavy atom. The van der Waals surface area contributed by atoms with Crippen molar-refractivity contribution >= 4 is 5.91 Å². The molecule has 4 heteroatoms. The third-order valence-corrected chi connectivity index (χ3v) is 4.04. The van der Waals surface area contributed by atoms with Crippen molar-refractivity contribution in [1.29, 1.82) is 0 Å². The van der Waals surface area contributed by atoms with E-state index < -0.39 is 0 Å². The van der Waals surface area contributed by atoms with Crippen molar-refractivity contribution in [1.82, 2.24) is 10.2 Å². The standard InChI is InChI=1S/C13H24N2O2/c16-8-5-12-3-1-2-7-15(12)13(17)9-11-4-6-14-10-11/h11-12,14,16H,1-10H2. The Bertz CT molecular complexity index is 250. The number of likely N-dealkylation sites (tertiary alicyclic amines) is 1. The maximum absolute atomic E-state index is 12.3. The minimum atomic E-state index is 0.194. The molecule has 2 heterocycles. The fraction of sp³-hybridized carbons (Fsp3) is 0.923. The van der Waals surface area contributed by atoms with Crippen LogP contribution in [0.2, 0.25) is 0 Å². The molecule has 2 fully saturated rings. The Labute approximate surface area is 103 Å². The average molecular weight is 240 g/mol. The first kappa shape index (κ1) is 12.8. The number of aliphatic hydroxyl groups excluding tert-OH is 1. The second kappa shape index (κ2) is 6.36. The summed E-state index contributed by atoms with van der Waals surface area (Å²) in [5, 5.41) is 12.4. The number of hydrogen-bond donors (Lipinski definition) is 2. The second-order valence-electron chi connectivity index (χ2n) is 5.31. The lowest BCUT2D eigenvalue weighted by Crippen LogP contribution is -2.44. The quantitative estimate of drug-likeness (QED) is 0.762. The van der Waals surface area contributed by atoms with Crippen LogP contribution in [0.4, 0.5) is 0 Å². The van der Waals surface area contributed by atoms with Crippen molar-refractivity contribution in [3.05, 3.63) is 0 Å². The topological polar surface area (TPSA) is 52.6 Å². The summed E-state index contributed by atoms with van der Waals surface area (Å²) in [5.41, 5.74) is 0. The van der Waals surface area contributed by atoms with Crippen molar-refractivity contribution in [3.8, 4) is 0 Å². The van der Waals surface area contributed by atoms with Gasteiger partial charge in [0.1, 0.15) is 0 Å². The molecule has 1 amide bonds. The third kappa shape index (κ3) is 3.42. The first-order valence-electron chi connectivity index (χ1n) is 6.92. The van der Waals surface area contributed by atoms with Crippen LogP contribution in [0.1, 0.15) is 38.5 Å².